The predicted octanol–water partition coefficient (Wildman–Crippen LogP) is 6.74. The number of aryl methyl sites for hydroxylation is 1. The van der Waals surface area contributed by atoms with Crippen LogP contribution < -0.4 is 26.8 Å². The molecule has 0 radical (unpaired) electrons. The maximum Gasteiger partial charge on any atom is 0.332 e. The molecule has 2 bridgehead atoms. The molecule has 2 aromatic carbocycles. The predicted molar refractivity (Wildman–Crippen MR) is 283 cm³/mol. The number of benzene rings is 2. The molecule has 398 valence electrons. The van der Waals surface area contributed by atoms with Crippen molar-refractivity contribution in [1.82, 2.24) is 29.7 Å². The van der Waals surface area contributed by atoms with Gasteiger partial charge in [-0.15, -0.1) is 0 Å². The van der Waals surface area contributed by atoms with Crippen LogP contribution in [-0.4, -0.2) is 93.8 Å². The number of amides is 2. The Hall–Kier alpha value is -5.96. The lowest BCUT2D eigenvalue weighted by atomic mass is 9.53. The molecular formula is C54H70N8O10S2. The van der Waals surface area contributed by atoms with E-state index in [0.717, 1.165) is 72.7 Å². The van der Waals surface area contributed by atoms with Gasteiger partial charge in [0.2, 0.25) is 17.5 Å². The van der Waals surface area contributed by atoms with Gasteiger partial charge >= 0.3 is 5.69 Å². The highest BCUT2D eigenvalue weighted by atomic mass is 32.2. The van der Waals surface area contributed by atoms with Gasteiger partial charge in [0.15, 0.2) is 11.4 Å². The minimum absolute atomic E-state index is 0.00531. The highest BCUT2D eigenvalue weighted by Crippen LogP contribution is 2.57. The molecule has 0 atom stereocenters. The molecule has 3 fully saturated rings. The Balaban J connectivity index is 0.828. The van der Waals surface area contributed by atoms with Gasteiger partial charge in [-0.1, -0.05) is 52.3 Å². The number of unbranched alkanes of at least 4 members (excludes halogenated alkanes) is 2. The van der Waals surface area contributed by atoms with E-state index in [2.05, 4.69) is 20.5 Å². The molecule has 5 aliphatic rings. The van der Waals surface area contributed by atoms with E-state index in [4.69, 9.17) is 4.98 Å². The summed E-state index contributed by atoms with van der Waals surface area (Å²) in [5.41, 5.74) is 3.02. The summed E-state index contributed by atoms with van der Waals surface area (Å²) in [6.07, 6.45) is 17.6. The van der Waals surface area contributed by atoms with Crippen molar-refractivity contribution in [3.8, 4) is 0 Å². The molecule has 2 aliphatic heterocycles. The first-order chi connectivity index (χ1) is 34.9. The molecule has 3 aliphatic carbocycles. The molecular weight excluding hydrogens is 985 g/mol. The number of anilines is 1. The Bertz CT molecular complexity index is 3350. The first-order valence-corrected chi connectivity index (χ1v) is 28.7. The van der Waals surface area contributed by atoms with Crippen LogP contribution in [-0.2, 0) is 59.2 Å². The van der Waals surface area contributed by atoms with E-state index >= 15 is 0 Å². The fourth-order valence-corrected chi connectivity index (χ4v) is 12.9. The van der Waals surface area contributed by atoms with Gasteiger partial charge in [0.25, 0.3) is 15.7 Å². The maximum atomic E-state index is 13.7. The molecule has 0 spiro atoms. The number of hydrogen-bond acceptors (Lipinski definition) is 11. The summed E-state index contributed by atoms with van der Waals surface area (Å²) >= 11 is 0. The summed E-state index contributed by atoms with van der Waals surface area (Å²) in [5.74, 6) is 0.614. The molecule has 2 aromatic heterocycles. The largest absolute Gasteiger partial charge is 0.744 e. The zero-order chi connectivity index (χ0) is 53.6. The third-order valence-electron chi connectivity index (χ3n) is 16.2. The van der Waals surface area contributed by atoms with Crippen LogP contribution in [0.4, 0.5) is 11.4 Å². The summed E-state index contributed by atoms with van der Waals surface area (Å²) < 4.78 is 74.6. The molecule has 20 heteroatoms. The molecule has 2 amide bonds. The second-order valence-corrected chi connectivity index (χ2v) is 24.4. The van der Waals surface area contributed by atoms with Gasteiger partial charge in [0, 0.05) is 84.5 Å². The molecule has 0 unspecified atom stereocenters. The summed E-state index contributed by atoms with van der Waals surface area (Å²) in [6.45, 7) is 13.9. The number of allylic oxidation sites excluding steroid dienone is 6. The van der Waals surface area contributed by atoms with Crippen LogP contribution in [0.3, 0.4) is 0 Å². The number of aromatic nitrogens is 4. The lowest BCUT2D eigenvalue weighted by Gasteiger charge is -2.51. The number of imidazole rings is 1. The fourth-order valence-electron chi connectivity index (χ4n) is 11.9. The maximum absolute atomic E-state index is 13.7. The van der Waals surface area contributed by atoms with Crippen molar-refractivity contribution >= 4 is 60.3 Å². The molecule has 4 N–H and O–H groups in total. The van der Waals surface area contributed by atoms with Crippen molar-refractivity contribution in [2.45, 2.75) is 158 Å². The van der Waals surface area contributed by atoms with Gasteiger partial charge in [-0.25, -0.2) is 18.2 Å². The van der Waals surface area contributed by atoms with Gasteiger partial charge in [-0.2, -0.15) is 13.0 Å². The van der Waals surface area contributed by atoms with Gasteiger partial charge in [0.05, 0.1) is 15.2 Å². The van der Waals surface area contributed by atoms with E-state index in [1.807, 2.05) is 83.5 Å². The van der Waals surface area contributed by atoms with E-state index in [0.29, 0.717) is 88.0 Å². The standard InChI is InChI=1S/C54H70N8O10S2/c1-8-31-61-46-45(47(64)62(32-9-2)50(61)66)57-48(58-46)53-23-26-54(27-24-53,28-25-53)49(65)56-30-29-55-44(63)18-14-11-15-33-60-41-22-20-37(74(70,71)72)35-39(41)52(5,6)43(60)17-13-10-12-16-42-51(3,4)38-34-36(73(67,68)69)19-21-40(38)59(42)7/h10,12-13,16-17,19-22,34-35H,8-9,11,14-15,18,23-33H2,1-7H3,(H4-,55,56,57,58,63,64,65,67,68,69,70,71,72). The van der Waals surface area contributed by atoms with Gasteiger partial charge in [-0.3, -0.25) is 28.1 Å². The average Bonchev–Trinajstić information content (AvgIpc) is 3.96. The highest BCUT2D eigenvalue weighted by molar-refractivity contribution is 7.86. The third kappa shape index (κ3) is 10.1. The van der Waals surface area contributed by atoms with Crippen LogP contribution >= 0.6 is 0 Å². The number of nitrogens with one attached hydrogen (secondary N) is 3. The molecule has 18 nitrogen and oxygen atoms in total. The topological polar surface area (TPSA) is 249 Å². The quantitative estimate of drug-likeness (QED) is 0.0311. The summed E-state index contributed by atoms with van der Waals surface area (Å²) in [6, 6.07) is 9.05. The van der Waals surface area contributed by atoms with Crippen molar-refractivity contribution in [2.24, 2.45) is 5.41 Å². The van der Waals surface area contributed by atoms with E-state index in [-0.39, 0.29) is 38.3 Å². The van der Waals surface area contributed by atoms with E-state index in [1.54, 1.807) is 16.7 Å². The Morgan fingerprint density at radius 3 is 2.12 bits per heavy atom. The van der Waals surface area contributed by atoms with Crippen LogP contribution in [0.25, 0.3) is 11.2 Å². The molecule has 4 aromatic rings. The number of fused-ring (bicyclic) bond motifs is 6. The van der Waals surface area contributed by atoms with Gasteiger partial charge < -0.3 is 25.1 Å². The van der Waals surface area contributed by atoms with E-state index < -0.39 is 36.5 Å². The Kier molecular flexibility index (Phi) is 15.1. The average molecular weight is 1060 g/mol. The molecule has 0 saturated heterocycles. The SMILES string of the molecule is CCCn1c(=O)c2[nH]c(C34CCC(C(=O)NCCNC(=O)CCCCCN5/C(=C/C=C/C=C/C6=[N+](C)c7ccc(S(=O)(=O)O)cc7C6(C)C)C(C)(C)c6cc(S(=O)(=O)[O-])ccc65)(CC3)CC4)nc2n(CCC)c1=O. The van der Waals surface area contributed by atoms with Crippen molar-refractivity contribution < 1.29 is 40.1 Å². The first-order valence-electron chi connectivity index (χ1n) is 25.9. The normalized spacial score (nSPS) is 21.6. The number of carbonyl (C=O) groups excluding carboxylic acids is 2. The lowest BCUT2D eigenvalue weighted by Crippen LogP contribution is -2.52. The zero-order valence-electron chi connectivity index (χ0n) is 43.5. The van der Waals surface area contributed by atoms with Crippen molar-refractivity contribution in [3.05, 3.63) is 110 Å². The number of aromatic amines is 1. The van der Waals surface area contributed by atoms with Crippen LogP contribution in [0.2, 0.25) is 0 Å². The zero-order valence-corrected chi connectivity index (χ0v) is 45.2. The number of H-pyrrole nitrogens is 1. The smallest absolute Gasteiger partial charge is 0.332 e. The van der Waals surface area contributed by atoms with Crippen molar-refractivity contribution in [2.75, 3.05) is 31.6 Å². The fraction of sp³-hybridized carbons (Fsp3) is 0.519. The number of carbonyl (C=O) groups is 2. The molecule has 4 heterocycles. The number of rotatable bonds is 20. The lowest BCUT2D eigenvalue weighted by molar-refractivity contribution is -0.401. The van der Waals surface area contributed by atoms with Crippen LogP contribution in [0.15, 0.2) is 91.9 Å². The van der Waals surface area contributed by atoms with E-state index in [1.165, 1.54) is 28.8 Å². The van der Waals surface area contributed by atoms with Gasteiger partial charge in [-0.05, 0) is 120 Å². The van der Waals surface area contributed by atoms with Crippen LogP contribution in [0.1, 0.15) is 136 Å². The minimum Gasteiger partial charge on any atom is -0.744 e. The monoisotopic (exact) mass is 1050 g/mol. The van der Waals surface area contributed by atoms with Crippen molar-refractivity contribution in [3.63, 3.8) is 0 Å². The second-order valence-electron chi connectivity index (χ2n) is 21.6. The minimum atomic E-state index is -4.70. The third-order valence-corrected chi connectivity index (χ3v) is 17.9. The summed E-state index contributed by atoms with van der Waals surface area (Å²) in [5, 5.41) is 6.03. The number of nitrogens with zero attached hydrogens (tertiary/aromatic N) is 5. The second kappa shape index (κ2) is 20.6. The van der Waals surface area contributed by atoms with Crippen molar-refractivity contribution in [1.29, 1.82) is 0 Å². The molecule has 3 saturated carbocycles. The van der Waals surface area contributed by atoms with E-state index in [9.17, 15) is 45.1 Å². The number of hydrogen-bond donors (Lipinski definition) is 4. The highest BCUT2D eigenvalue weighted by Gasteiger charge is 2.54. The van der Waals surface area contributed by atoms with Gasteiger partial charge in [0.1, 0.15) is 28.5 Å². The Morgan fingerprint density at radius 1 is 0.811 bits per heavy atom. The summed E-state index contributed by atoms with van der Waals surface area (Å²) in [7, 11) is -7.17. The summed E-state index contributed by atoms with van der Waals surface area (Å²) in [4.78, 5) is 63.2. The first kappa shape index (κ1) is 54.3. The Labute approximate surface area is 433 Å². The van der Waals surface area contributed by atoms with Crippen LogP contribution in [0.5, 0.6) is 0 Å². The van der Waals surface area contributed by atoms with Crippen LogP contribution in [0, 0.1) is 5.41 Å². The Morgan fingerprint density at radius 2 is 1.46 bits per heavy atom. The molecule has 74 heavy (non-hydrogen) atoms. The molecule has 9 rings (SSSR count).